The van der Waals surface area contributed by atoms with E-state index in [1.165, 1.54) is 0 Å². The fourth-order valence-corrected chi connectivity index (χ4v) is 3.74. The third-order valence-electron chi connectivity index (χ3n) is 5.44. The molecule has 2 heterocycles. The number of H-pyrrole nitrogens is 1. The summed E-state index contributed by atoms with van der Waals surface area (Å²) in [6.45, 7) is 5.49. The number of aromatic amines is 1. The minimum Gasteiger partial charge on any atom is -0.497 e. The van der Waals surface area contributed by atoms with E-state index >= 15 is 0 Å². The second-order valence-corrected chi connectivity index (χ2v) is 7.23. The summed E-state index contributed by atoms with van der Waals surface area (Å²) in [4.78, 5) is 15.2. The highest BCUT2D eigenvalue weighted by Crippen LogP contribution is 2.25. The lowest BCUT2D eigenvalue weighted by Gasteiger charge is -2.30. The smallest absolute Gasteiger partial charge is 0.251 e. The highest BCUT2D eigenvalue weighted by molar-refractivity contribution is 5.97. The van der Waals surface area contributed by atoms with Crippen molar-refractivity contribution in [2.45, 2.75) is 13.5 Å². The third kappa shape index (κ3) is 4.16. The zero-order valence-electron chi connectivity index (χ0n) is 17.3. The van der Waals surface area contributed by atoms with E-state index in [1.54, 1.807) is 13.3 Å². The van der Waals surface area contributed by atoms with Crippen molar-refractivity contribution in [2.75, 3.05) is 38.3 Å². The Morgan fingerprint density at radius 3 is 2.70 bits per heavy atom. The van der Waals surface area contributed by atoms with Crippen LogP contribution in [0.1, 0.15) is 21.5 Å². The van der Waals surface area contributed by atoms with Gasteiger partial charge in [-0.05, 0) is 48.9 Å². The number of aromatic nitrogens is 2. The van der Waals surface area contributed by atoms with Crippen LogP contribution in [0.4, 0.5) is 5.69 Å². The monoisotopic (exact) mass is 406 g/mol. The summed E-state index contributed by atoms with van der Waals surface area (Å²) >= 11 is 0. The highest BCUT2D eigenvalue weighted by Gasteiger charge is 2.18. The predicted molar refractivity (Wildman–Crippen MR) is 116 cm³/mol. The highest BCUT2D eigenvalue weighted by atomic mass is 16.5. The lowest BCUT2D eigenvalue weighted by Crippen LogP contribution is -2.37. The molecule has 1 amide bonds. The van der Waals surface area contributed by atoms with E-state index in [0.29, 0.717) is 25.3 Å². The number of ether oxygens (including phenoxy) is 2. The fourth-order valence-electron chi connectivity index (χ4n) is 3.74. The predicted octanol–water partition coefficient (Wildman–Crippen LogP) is 3.16. The summed E-state index contributed by atoms with van der Waals surface area (Å²) < 4.78 is 10.7. The van der Waals surface area contributed by atoms with Gasteiger partial charge in [0.25, 0.3) is 5.91 Å². The number of benzene rings is 2. The van der Waals surface area contributed by atoms with Crippen LogP contribution in [0.3, 0.4) is 0 Å². The molecule has 7 nitrogen and oxygen atoms in total. The molecule has 7 heteroatoms. The zero-order valence-corrected chi connectivity index (χ0v) is 17.3. The van der Waals surface area contributed by atoms with E-state index < -0.39 is 0 Å². The molecular formula is C23H26N4O3. The molecule has 0 aliphatic carbocycles. The van der Waals surface area contributed by atoms with Crippen molar-refractivity contribution in [1.29, 1.82) is 0 Å². The van der Waals surface area contributed by atoms with Gasteiger partial charge < -0.3 is 19.7 Å². The van der Waals surface area contributed by atoms with Crippen LogP contribution >= 0.6 is 0 Å². The Hall–Kier alpha value is -3.32. The van der Waals surface area contributed by atoms with Gasteiger partial charge in [0.05, 0.1) is 32.2 Å². The summed E-state index contributed by atoms with van der Waals surface area (Å²) in [6, 6.07) is 13.6. The molecule has 0 unspecified atom stereocenters. The fraction of sp³-hybridized carbons (Fsp3) is 0.304. The van der Waals surface area contributed by atoms with Crippen molar-refractivity contribution < 1.29 is 14.3 Å². The van der Waals surface area contributed by atoms with Crippen LogP contribution in [0.5, 0.6) is 5.75 Å². The number of hydrogen-bond acceptors (Lipinski definition) is 5. The number of amides is 1. The van der Waals surface area contributed by atoms with Crippen molar-refractivity contribution in [3.05, 3.63) is 65.4 Å². The zero-order chi connectivity index (χ0) is 20.9. The number of methoxy groups -OCH3 is 1. The third-order valence-corrected chi connectivity index (χ3v) is 5.44. The Balaban J connectivity index is 1.47. The quantitative estimate of drug-likeness (QED) is 0.657. The first-order valence-corrected chi connectivity index (χ1v) is 10.0. The first-order valence-electron chi connectivity index (χ1n) is 10.0. The molecule has 2 aromatic carbocycles. The van der Waals surface area contributed by atoms with E-state index in [1.807, 2.05) is 43.3 Å². The molecule has 1 aliphatic rings. The molecule has 0 atom stereocenters. The molecule has 0 bridgehead atoms. The number of nitrogens with zero attached hydrogens (tertiary/aromatic N) is 2. The van der Waals surface area contributed by atoms with Crippen molar-refractivity contribution in [1.82, 2.24) is 15.5 Å². The van der Waals surface area contributed by atoms with Gasteiger partial charge in [0.15, 0.2) is 0 Å². The number of rotatable bonds is 6. The topological polar surface area (TPSA) is 79.5 Å². The molecule has 1 aromatic heterocycles. The van der Waals surface area contributed by atoms with Crippen molar-refractivity contribution in [2.24, 2.45) is 0 Å². The Bertz CT molecular complexity index is 1010. The van der Waals surface area contributed by atoms with Gasteiger partial charge in [-0.15, -0.1) is 0 Å². The number of nitrogens with one attached hydrogen (secondary N) is 2. The molecule has 1 aliphatic heterocycles. The molecule has 4 rings (SSSR count). The second-order valence-electron chi connectivity index (χ2n) is 7.23. The van der Waals surface area contributed by atoms with Gasteiger partial charge in [0, 0.05) is 42.0 Å². The Labute approximate surface area is 176 Å². The van der Waals surface area contributed by atoms with Crippen molar-refractivity contribution in [3.8, 4) is 17.0 Å². The van der Waals surface area contributed by atoms with Crippen LogP contribution in [0.15, 0.2) is 48.7 Å². The molecule has 0 radical (unpaired) electrons. The van der Waals surface area contributed by atoms with Gasteiger partial charge >= 0.3 is 0 Å². The SMILES string of the molecule is COc1ccc(-c2[nH]ncc2CNC(=O)c2cccc(N3CCOCC3)c2C)cc1. The van der Waals surface area contributed by atoms with Crippen LogP contribution < -0.4 is 15.0 Å². The van der Waals surface area contributed by atoms with Crippen LogP contribution in [0.2, 0.25) is 0 Å². The molecule has 3 aromatic rings. The van der Waals surface area contributed by atoms with Crippen LogP contribution in [-0.2, 0) is 11.3 Å². The second kappa shape index (κ2) is 9.00. The number of hydrogen-bond donors (Lipinski definition) is 2. The Morgan fingerprint density at radius 2 is 1.97 bits per heavy atom. The normalized spacial score (nSPS) is 13.9. The number of carbonyl (C=O) groups excluding carboxylic acids is 1. The lowest BCUT2D eigenvalue weighted by molar-refractivity contribution is 0.0950. The molecule has 1 fully saturated rings. The summed E-state index contributed by atoms with van der Waals surface area (Å²) in [5, 5.41) is 10.2. The van der Waals surface area contributed by atoms with Gasteiger partial charge in [-0.25, -0.2) is 0 Å². The minimum absolute atomic E-state index is 0.0931. The molecule has 1 saturated heterocycles. The standard InChI is InChI=1S/C23H26N4O3/c1-16-20(4-3-5-21(16)27-10-12-30-13-11-27)23(28)24-14-18-15-25-26-22(18)17-6-8-19(29-2)9-7-17/h3-9,15H,10-14H2,1-2H3,(H,24,28)(H,25,26). The van der Waals surface area contributed by atoms with Gasteiger partial charge in [0.1, 0.15) is 5.75 Å². The minimum atomic E-state index is -0.0931. The van der Waals surface area contributed by atoms with Gasteiger partial charge in [-0.1, -0.05) is 6.07 Å². The van der Waals surface area contributed by atoms with E-state index in [2.05, 4.69) is 26.5 Å². The molecule has 0 saturated carbocycles. The molecule has 156 valence electrons. The van der Waals surface area contributed by atoms with E-state index in [-0.39, 0.29) is 5.91 Å². The molecule has 0 spiro atoms. The molecule has 30 heavy (non-hydrogen) atoms. The van der Waals surface area contributed by atoms with Crippen molar-refractivity contribution >= 4 is 11.6 Å². The number of morpholine rings is 1. The first-order chi connectivity index (χ1) is 14.7. The number of anilines is 1. The Kier molecular flexibility index (Phi) is 5.99. The largest absolute Gasteiger partial charge is 0.497 e. The van der Waals surface area contributed by atoms with Gasteiger partial charge in [-0.2, -0.15) is 5.10 Å². The van der Waals surface area contributed by atoms with Gasteiger partial charge in [0.2, 0.25) is 0 Å². The Morgan fingerprint density at radius 1 is 1.20 bits per heavy atom. The summed E-state index contributed by atoms with van der Waals surface area (Å²) in [7, 11) is 1.64. The van der Waals surface area contributed by atoms with E-state index in [4.69, 9.17) is 9.47 Å². The first kappa shape index (κ1) is 20.0. The average molecular weight is 406 g/mol. The maximum Gasteiger partial charge on any atom is 0.251 e. The maximum atomic E-state index is 12.9. The van der Waals surface area contributed by atoms with Crippen LogP contribution in [0.25, 0.3) is 11.3 Å². The average Bonchev–Trinajstić information content (AvgIpc) is 3.27. The van der Waals surface area contributed by atoms with E-state index in [0.717, 1.165) is 46.9 Å². The van der Waals surface area contributed by atoms with Crippen LogP contribution in [-0.4, -0.2) is 49.5 Å². The van der Waals surface area contributed by atoms with E-state index in [9.17, 15) is 4.79 Å². The van der Waals surface area contributed by atoms with Gasteiger partial charge in [-0.3, -0.25) is 9.89 Å². The van der Waals surface area contributed by atoms with Crippen LogP contribution in [0, 0.1) is 6.92 Å². The summed E-state index contributed by atoms with van der Waals surface area (Å²) in [5.41, 5.74) is 5.57. The molecular weight excluding hydrogens is 380 g/mol. The molecule has 2 N–H and O–H groups in total. The summed E-state index contributed by atoms with van der Waals surface area (Å²) in [5.74, 6) is 0.702. The van der Waals surface area contributed by atoms with Crippen molar-refractivity contribution in [3.63, 3.8) is 0 Å². The number of carbonyl (C=O) groups is 1. The lowest BCUT2D eigenvalue weighted by atomic mass is 10.0. The summed E-state index contributed by atoms with van der Waals surface area (Å²) in [6.07, 6.45) is 1.75. The maximum absolute atomic E-state index is 12.9.